The summed E-state index contributed by atoms with van der Waals surface area (Å²) in [6.45, 7) is 6.77. The number of thioether (sulfide) groups is 1. The number of amides is 5. The standard InChI is InChI=1S/C44H47N5O16S/c1-22(50)62-30-13-9-11-28(35(30)64-24(3)52)38(56)45-19-7-8-20-48(40(58)29-12-10-14-31(63-23(2)51)36(29)65-25(4)53)21-32(55)46-33(26-15-17-27(54)18-16-26)39(57)47-34-41(59)49-37(43(60)61)44(5,6)66-42(34)49/h9-18,33-34,37,42,54H,7-8,19-21H2,1-6H3,(H,45,56)(H,46,55)(H,47,57)(H,60,61)/t33?,34-,37+,42-/m1/s1. The van der Waals surface area contributed by atoms with Crippen LogP contribution in [0.2, 0.25) is 0 Å². The minimum Gasteiger partial charge on any atom is -0.508 e. The number of carboxylic acids is 1. The molecule has 3 aromatic rings. The Balaban J connectivity index is 1.37. The molecule has 0 spiro atoms. The highest BCUT2D eigenvalue weighted by Gasteiger charge is 2.64. The number of esters is 4. The molecule has 22 heteroatoms. The molecule has 2 aliphatic rings. The predicted octanol–water partition coefficient (Wildman–Crippen LogP) is 2.24. The SMILES string of the molecule is CC(=O)Oc1cccc(C(=O)NCCCCN(CC(=O)NC(C(=O)N[C@@H]2C(=O)N3[C@@H]2SC(C)(C)[C@@H]3C(=O)O)c2ccc(O)cc2)C(=O)c2cccc(OC(C)=O)c2OC(C)=O)c1OC(C)=O. The van der Waals surface area contributed by atoms with Crippen molar-refractivity contribution in [1.82, 2.24) is 25.8 Å². The monoisotopic (exact) mass is 933 g/mol. The number of rotatable bonds is 18. The van der Waals surface area contributed by atoms with E-state index in [4.69, 9.17) is 18.9 Å². The summed E-state index contributed by atoms with van der Waals surface area (Å²) in [6.07, 6.45) is 0.294. The number of para-hydroxylation sites is 2. The van der Waals surface area contributed by atoms with E-state index in [-0.39, 0.29) is 65.6 Å². The van der Waals surface area contributed by atoms with Crippen molar-refractivity contribution in [3.05, 3.63) is 77.4 Å². The van der Waals surface area contributed by atoms with E-state index in [9.17, 15) is 58.2 Å². The minimum absolute atomic E-state index is 0.0188. The first-order valence-corrected chi connectivity index (χ1v) is 21.2. The highest BCUT2D eigenvalue weighted by molar-refractivity contribution is 8.01. The van der Waals surface area contributed by atoms with Crippen molar-refractivity contribution in [3.63, 3.8) is 0 Å². The number of nitrogens with zero attached hydrogens (tertiary/aromatic N) is 2. The maximum atomic E-state index is 14.4. The Morgan fingerprint density at radius 1 is 0.773 bits per heavy atom. The number of ether oxygens (including phenoxy) is 4. The van der Waals surface area contributed by atoms with Gasteiger partial charge in [0.05, 0.1) is 17.7 Å². The molecule has 0 radical (unpaired) electrons. The third-order valence-electron chi connectivity index (χ3n) is 9.96. The lowest BCUT2D eigenvalue weighted by atomic mass is 9.95. The lowest BCUT2D eigenvalue weighted by Crippen LogP contribution is -2.71. The number of carboxylic acid groups (broad SMARTS) is 1. The largest absolute Gasteiger partial charge is 0.508 e. The van der Waals surface area contributed by atoms with Crippen molar-refractivity contribution in [1.29, 1.82) is 0 Å². The fourth-order valence-electron chi connectivity index (χ4n) is 7.22. The number of hydrogen-bond acceptors (Lipinski definition) is 16. The second kappa shape index (κ2) is 21.0. The van der Waals surface area contributed by atoms with Crippen LogP contribution < -0.4 is 34.9 Å². The molecular weight excluding hydrogens is 887 g/mol. The number of fused-ring (bicyclic) bond motifs is 1. The first-order valence-electron chi connectivity index (χ1n) is 20.3. The Morgan fingerprint density at radius 2 is 1.32 bits per heavy atom. The number of benzene rings is 3. The van der Waals surface area contributed by atoms with Gasteiger partial charge >= 0.3 is 29.8 Å². The average molecular weight is 934 g/mol. The molecular formula is C44H47N5O16S. The highest BCUT2D eigenvalue weighted by Crippen LogP contribution is 2.51. The van der Waals surface area contributed by atoms with E-state index < -0.39 is 99.9 Å². The van der Waals surface area contributed by atoms with E-state index >= 15 is 0 Å². The number of carbonyl (C=O) groups excluding carboxylic acids is 9. The molecule has 2 aliphatic heterocycles. The maximum absolute atomic E-state index is 14.4. The van der Waals surface area contributed by atoms with Gasteiger partial charge < -0.3 is 54.9 Å². The zero-order valence-electron chi connectivity index (χ0n) is 36.5. The van der Waals surface area contributed by atoms with Gasteiger partial charge in [0, 0.05) is 45.5 Å². The predicted molar refractivity (Wildman–Crippen MR) is 230 cm³/mol. The number of hydrogen-bond donors (Lipinski definition) is 5. The summed E-state index contributed by atoms with van der Waals surface area (Å²) in [7, 11) is 0. The van der Waals surface area contributed by atoms with Crippen LogP contribution in [0, 0.1) is 0 Å². The van der Waals surface area contributed by atoms with E-state index in [0.717, 1.165) is 32.6 Å². The molecule has 1 unspecified atom stereocenters. The van der Waals surface area contributed by atoms with Crippen LogP contribution in [0.25, 0.3) is 0 Å². The molecule has 4 atom stereocenters. The van der Waals surface area contributed by atoms with Gasteiger partial charge in [0.25, 0.3) is 11.8 Å². The Bertz CT molecular complexity index is 2460. The molecule has 2 fully saturated rings. The molecule has 5 rings (SSSR count). The van der Waals surface area contributed by atoms with Gasteiger partial charge in [-0.15, -0.1) is 11.8 Å². The van der Waals surface area contributed by atoms with Crippen LogP contribution >= 0.6 is 11.8 Å². The first kappa shape index (κ1) is 49.5. The molecule has 0 aromatic heterocycles. The second-order valence-corrected chi connectivity index (χ2v) is 17.3. The number of carbonyl (C=O) groups is 10. The molecule has 0 aliphatic carbocycles. The Hall–Kier alpha value is -7.49. The average Bonchev–Trinajstić information content (AvgIpc) is 3.49. The highest BCUT2D eigenvalue weighted by atomic mass is 32.2. The molecule has 2 heterocycles. The van der Waals surface area contributed by atoms with Crippen LogP contribution in [-0.4, -0.2) is 121 Å². The molecule has 21 nitrogen and oxygen atoms in total. The van der Waals surface area contributed by atoms with Crippen molar-refractivity contribution in [2.75, 3.05) is 19.6 Å². The van der Waals surface area contributed by atoms with Crippen molar-refractivity contribution in [3.8, 4) is 28.7 Å². The topological polar surface area (TPSA) is 291 Å². The zero-order chi connectivity index (χ0) is 48.6. The Kier molecular flexibility index (Phi) is 15.8. The third kappa shape index (κ3) is 11.8. The molecule has 3 aromatic carbocycles. The normalized spacial score (nSPS) is 17.2. The Labute approximate surface area is 381 Å². The molecule has 0 bridgehead atoms. The van der Waals surface area contributed by atoms with E-state index in [1.807, 2.05) is 0 Å². The molecule has 66 heavy (non-hydrogen) atoms. The number of aliphatic carboxylic acids is 1. The van der Waals surface area contributed by atoms with Crippen molar-refractivity contribution >= 4 is 71.1 Å². The van der Waals surface area contributed by atoms with E-state index in [2.05, 4.69) is 16.0 Å². The van der Waals surface area contributed by atoms with Crippen LogP contribution in [0.5, 0.6) is 28.7 Å². The fraction of sp³-hybridized carbons (Fsp3) is 0.364. The van der Waals surface area contributed by atoms with Crippen molar-refractivity contribution in [2.45, 2.75) is 82.6 Å². The summed E-state index contributed by atoms with van der Waals surface area (Å²) in [5.41, 5.74) is -0.238. The van der Waals surface area contributed by atoms with Crippen LogP contribution in [-0.2, 0) is 38.4 Å². The summed E-state index contributed by atoms with van der Waals surface area (Å²) in [5.74, 6) is -9.65. The van der Waals surface area contributed by atoms with Crippen molar-refractivity contribution < 1.29 is 77.1 Å². The number of phenols is 1. The first-order chi connectivity index (χ1) is 31.1. The van der Waals surface area contributed by atoms with Gasteiger partial charge in [-0.1, -0.05) is 24.3 Å². The third-order valence-corrected chi connectivity index (χ3v) is 11.5. The van der Waals surface area contributed by atoms with Gasteiger partial charge in [-0.2, -0.15) is 0 Å². The second-order valence-electron chi connectivity index (χ2n) is 15.5. The van der Waals surface area contributed by atoms with E-state index in [0.29, 0.717) is 0 Å². The summed E-state index contributed by atoms with van der Waals surface area (Å²) >= 11 is 1.19. The number of aromatic hydroxyl groups is 1. The summed E-state index contributed by atoms with van der Waals surface area (Å²) in [5, 5.41) is 27.0. The number of unbranched alkanes of at least 4 members (excludes halogenated alkanes) is 1. The van der Waals surface area contributed by atoms with Crippen LogP contribution in [0.4, 0.5) is 0 Å². The minimum atomic E-state index is -1.51. The van der Waals surface area contributed by atoms with Crippen LogP contribution in [0.1, 0.15) is 86.7 Å². The van der Waals surface area contributed by atoms with Gasteiger partial charge in [-0.25, -0.2) is 4.79 Å². The quantitative estimate of drug-likeness (QED) is 0.0529. The van der Waals surface area contributed by atoms with E-state index in [1.54, 1.807) is 13.8 Å². The number of nitrogens with one attached hydrogen (secondary N) is 3. The lowest BCUT2D eigenvalue weighted by molar-refractivity contribution is -0.161. The Morgan fingerprint density at radius 3 is 1.86 bits per heavy atom. The van der Waals surface area contributed by atoms with Gasteiger partial charge in [-0.05, 0) is 68.7 Å². The summed E-state index contributed by atoms with van der Waals surface area (Å²) < 4.78 is 19.9. The molecule has 2 saturated heterocycles. The van der Waals surface area contributed by atoms with Gasteiger partial charge in [0.1, 0.15) is 29.2 Å². The fourth-order valence-corrected chi connectivity index (χ4v) is 8.85. The van der Waals surface area contributed by atoms with Gasteiger partial charge in [-0.3, -0.25) is 43.2 Å². The molecule has 5 N–H and O–H groups in total. The zero-order valence-corrected chi connectivity index (χ0v) is 37.3. The summed E-state index contributed by atoms with van der Waals surface area (Å²) in [4.78, 5) is 131. The van der Waals surface area contributed by atoms with Crippen LogP contribution in [0.15, 0.2) is 60.7 Å². The van der Waals surface area contributed by atoms with Gasteiger partial charge in [0.2, 0.25) is 17.7 Å². The maximum Gasteiger partial charge on any atom is 0.327 e. The number of β-lactam (4-membered cyclic amide) rings is 1. The summed E-state index contributed by atoms with van der Waals surface area (Å²) in [6, 6.07) is 9.43. The molecule has 350 valence electrons. The van der Waals surface area contributed by atoms with Gasteiger partial charge in [0.15, 0.2) is 23.0 Å². The lowest BCUT2D eigenvalue weighted by Gasteiger charge is -2.44. The smallest absolute Gasteiger partial charge is 0.327 e. The van der Waals surface area contributed by atoms with E-state index in [1.165, 1.54) is 77.3 Å². The van der Waals surface area contributed by atoms with Crippen LogP contribution in [0.3, 0.4) is 0 Å². The molecule has 0 saturated carbocycles. The molecule has 5 amide bonds. The number of phenolic OH excluding ortho intramolecular Hbond substituents is 1. The van der Waals surface area contributed by atoms with Crippen molar-refractivity contribution in [2.24, 2.45) is 0 Å².